The van der Waals surface area contributed by atoms with E-state index in [1.807, 2.05) is 7.05 Å². The van der Waals surface area contributed by atoms with Crippen molar-refractivity contribution in [1.29, 1.82) is 0 Å². The molecule has 2 aliphatic heterocycles. The van der Waals surface area contributed by atoms with Gasteiger partial charge >= 0.3 is 0 Å². The second kappa shape index (κ2) is 10.3. The number of guanidine groups is 1. The molecule has 3 unspecified atom stereocenters. The Morgan fingerprint density at radius 2 is 1.96 bits per heavy atom. The summed E-state index contributed by atoms with van der Waals surface area (Å²) in [5, 5.41) is 3.78. The van der Waals surface area contributed by atoms with Crippen molar-refractivity contribution in [3.8, 4) is 0 Å². The number of aliphatic imine (C=N–C) groups is 1. The van der Waals surface area contributed by atoms with Gasteiger partial charge in [-0.15, -0.1) is 24.0 Å². The third-order valence-corrected chi connectivity index (χ3v) is 7.24. The number of nitrogens with one attached hydrogen (secondary N) is 1. The molecule has 2 saturated heterocycles. The number of hydrogen-bond acceptors (Lipinski definition) is 4. The molecule has 0 aromatic heterocycles. The average Bonchev–Trinajstić information content (AvgIpc) is 3.15. The van der Waals surface area contributed by atoms with Crippen LogP contribution in [0.3, 0.4) is 0 Å². The summed E-state index contributed by atoms with van der Waals surface area (Å²) >= 11 is 0. The van der Waals surface area contributed by atoms with Crippen LogP contribution in [-0.2, 0) is 14.2 Å². The summed E-state index contributed by atoms with van der Waals surface area (Å²) in [5.41, 5.74) is 0.370. The summed E-state index contributed by atoms with van der Waals surface area (Å²) in [7, 11) is 1.91. The van der Waals surface area contributed by atoms with Gasteiger partial charge in [-0.2, -0.15) is 0 Å². The Morgan fingerprint density at radius 1 is 1.18 bits per heavy atom. The van der Waals surface area contributed by atoms with E-state index in [-0.39, 0.29) is 24.0 Å². The minimum absolute atomic E-state index is 0. The average molecular weight is 507 g/mol. The molecular weight excluding hydrogens is 469 g/mol. The molecule has 162 valence electrons. The number of hydrogen-bond donors (Lipinski definition) is 1. The van der Waals surface area contributed by atoms with Crippen LogP contribution in [0.1, 0.15) is 58.3 Å². The zero-order chi connectivity index (χ0) is 18.7. The zero-order valence-electron chi connectivity index (χ0n) is 17.5. The van der Waals surface area contributed by atoms with E-state index in [0.29, 0.717) is 29.8 Å². The van der Waals surface area contributed by atoms with E-state index in [0.717, 1.165) is 64.6 Å². The van der Waals surface area contributed by atoms with Gasteiger partial charge in [0.05, 0.1) is 24.9 Å². The number of piperidine rings is 1. The van der Waals surface area contributed by atoms with E-state index < -0.39 is 0 Å². The van der Waals surface area contributed by atoms with Crippen molar-refractivity contribution in [3.05, 3.63) is 0 Å². The summed E-state index contributed by atoms with van der Waals surface area (Å²) in [4.78, 5) is 7.00. The molecule has 0 radical (unpaired) electrons. The number of rotatable bonds is 6. The maximum Gasteiger partial charge on any atom is 0.193 e. The number of likely N-dealkylation sites (tertiary alicyclic amines) is 1. The number of nitrogens with zero attached hydrogens (tertiary/aromatic N) is 2. The van der Waals surface area contributed by atoms with E-state index in [1.165, 1.54) is 25.7 Å². The maximum atomic E-state index is 6.11. The van der Waals surface area contributed by atoms with Gasteiger partial charge < -0.3 is 24.4 Å². The molecule has 28 heavy (non-hydrogen) atoms. The first-order valence-electron chi connectivity index (χ1n) is 11.1. The molecule has 1 N–H and O–H groups in total. The lowest BCUT2D eigenvalue weighted by atomic mass is 9.51. The normalized spacial score (nSPS) is 32.6. The molecule has 2 aliphatic carbocycles. The van der Waals surface area contributed by atoms with Crippen molar-refractivity contribution in [2.75, 3.05) is 40.0 Å². The van der Waals surface area contributed by atoms with Gasteiger partial charge in [0, 0.05) is 44.8 Å². The van der Waals surface area contributed by atoms with Crippen molar-refractivity contribution < 1.29 is 14.2 Å². The summed E-state index contributed by atoms with van der Waals surface area (Å²) < 4.78 is 17.8. The highest BCUT2D eigenvalue weighted by molar-refractivity contribution is 14.0. The van der Waals surface area contributed by atoms with E-state index in [4.69, 9.17) is 14.2 Å². The van der Waals surface area contributed by atoms with Gasteiger partial charge in [-0.3, -0.25) is 4.99 Å². The van der Waals surface area contributed by atoms with Crippen LogP contribution in [0.5, 0.6) is 0 Å². The summed E-state index contributed by atoms with van der Waals surface area (Å²) in [6.45, 7) is 6.64. The van der Waals surface area contributed by atoms with Gasteiger partial charge in [0.2, 0.25) is 0 Å². The summed E-state index contributed by atoms with van der Waals surface area (Å²) in [6, 6.07) is 0.523. The monoisotopic (exact) mass is 507 g/mol. The van der Waals surface area contributed by atoms with Crippen LogP contribution in [0.4, 0.5) is 0 Å². The van der Waals surface area contributed by atoms with Gasteiger partial charge in [0.15, 0.2) is 5.96 Å². The maximum absolute atomic E-state index is 6.11. The van der Waals surface area contributed by atoms with Crippen molar-refractivity contribution in [2.45, 2.75) is 82.6 Å². The second-order valence-corrected chi connectivity index (χ2v) is 8.67. The Hall–Kier alpha value is -0.120. The van der Waals surface area contributed by atoms with Crippen LogP contribution < -0.4 is 5.32 Å². The van der Waals surface area contributed by atoms with Crippen molar-refractivity contribution in [1.82, 2.24) is 10.2 Å². The summed E-state index contributed by atoms with van der Waals surface area (Å²) in [6.07, 6.45) is 10.7. The Balaban J connectivity index is 0.00000225. The zero-order valence-corrected chi connectivity index (χ0v) is 19.9. The minimum atomic E-state index is 0. The lowest BCUT2D eigenvalue weighted by molar-refractivity contribution is -0.169. The number of ether oxygens (including phenoxy) is 3. The van der Waals surface area contributed by atoms with E-state index in [9.17, 15) is 0 Å². The van der Waals surface area contributed by atoms with Gasteiger partial charge in [-0.1, -0.05) is 6.42 Å². The highest BCUT2D eigenvalue weighted by atomic mass is 127. The molecule has 4 rings (SSSR count). The molecule has 0 aromatic rings. The number of halogens is 1. The van der Waals surface area contributed by atoms with Gasteiger partial charge in [0.25, 0.3) is 0 Å². The smallest absolute Gasteiger partial charge is 0.193 e. The third kappa shape index (κ3) is 4.62. The van der Waals surface area contributed by atoms with E-state index in [1.54, 1.807) is 0 Å². The Labute approximate surface area is 187 Å². The molecule has 7 heteroatoms. The lowest BCUT2D eigenvalue weighted by Gasteiger charge is -2.61. The van der Waals surface area contributed by atoms with E-state index in [2.05, 4.69) is 22.1 Å². The highest BCUT2D eigenvalue weighted by Gasteiger charge is 2.59. The minimum Gasteiger partial charge on any atom is -0.378 e. The molecule has 0 aromatic carbocycles. The fourth-order valence-corrected chi connectivity index (χ4v) is 5.35. The molecule has 4 fully saturated rings. The summed E-state index contributed by atoms with van der Waals surface area (Å²) in [5.74, 6) is 1.07. The van der Waals surface area contributed by atoms with Gasteiger partial charge in [-0.25, -0.2) is 0 Å². The first-order valence-corrected chi connectivity index (χ1v) is 11.1. The standard InChI is InChI=1S/C21H37N3O3.HI/c1-3-25-19-14-18(21(19)9-5-10-21)23-20(22-2)24-11-7-16(8-12-24)27-15-17-6-4-13-26-17;/h16-19H,3-15H2,1-2H3,(H,22,23);1H. The molecule has 2 heterocycles. The van der Waals surface area contributed by atoms with Crippen LogP contribution >= 0.6 is 24.0 Å². The van der Waals surface area contributed by atoms with Crippen molar-refractivity contribution in [3.63, 3.8) is 0 Å². The van der Waals surface area contributed by atoms with E-state index >= 15 is 0 Å². The first kappa shape index (κ1) is 22.6. The Bertz CT molecular complexity index is 515. The lowest BCUT2D eigenvalue weighted by Crippen LogP contribution is -2.69. The fourth-order valence-electron chi connectivity index (χ4n) is 5.35. The van der Waals surface area contributed by atoms with Crippen molar-refractivity contribution >= 4 is 29.9 Å². The molecule has 3 atom stereocenters. The molecule has 2 saturated carbocycles. The van der Waals surface area contributed by atoms with Crippen LogP contribution in [-0.4, -0.2) is 75.2 Å². The van der Waals surface area contributed by atoms with Crippen LogP contribution in [0.25, 0.3) is 0 Å². The molecule has 4 aliphatic rings. The predicted molar refractivity (Wildman–Crippen MR) is 122 cm³/mol. The molecule has 0 amide bonds. The largest absolute Gasteiger partial charge is 0.378 e. The topological polar surface area (TPSA) is 55.3 Å². The van der Waals surface area contributed by atoms with Gasteiger partial charge in [0.1, 0.15) is 0 Å². The fraction of sp³-hybridized carbons (Fsp3) is 0.952. The molecule has 6 nitrogen and oxygen atoms in total. The van der Waals surface area contributed by atoms with Crippen LogP contribution in [0, 0.1) is 5.41 Å². The second-order valence-electron chi connectivity index (χ2n) is 8.67. The quantitative estimate of drug-likeness (QED) is 0.340. The third-order valence-electron chi connectivity index (χ3n) is 7.24. The molecule has 1 spiro atoms. The first-order chi connectivity index (χ1) is 13.2. The Morgan fingerprint density at radius 3 is 2.54 bits per heavy atom. The molecular formula is C21H38IN3O3. The van der Waals surface area contributed by atoms with Crippen LogP contribution in [0.15, 0.2) is 4.99 Å². The SMILES string of the molecule is CCOC1CC(NC(=NC)N2CCC(OCC3CCCO3)CC2)C12CCC2.I. The molecule has 0 bridgehead atoms. The van der Waals surface area contributed by atoms with Crippen molar-refractivity contribution in [2.24, 2.45) is 10.4 Å². The van der Waals surface area contributed by atoms with Crippen LogP contribution in [0.2, 0.25) is 0 Å². The highest BCUT2D eigenvalue weighted by Crippen LogP contribution is 2.57. The van der Waals surface area contributed by atoms with Gasteiger partial charge in [-0.05, 0) is 51.9 Å². The predicted octanol–water partition coefficient (Wildman–Crippen LogP) is 3.19. The Kier molecular flexibility index (Phi) is 8.27.